The Bertz CT molecular complexity index is 614. The second kappa shape index (κ2) is 4.18. The Morgan fingerprint density at radius 2 is 1.88 bits per heavy atom. The number of aromatic nitrogens is 2. The van der Waals surface area contributed by atoms with Crippen molar-refractivity contribution in [3.05, 3.63) is 47.1 Å². The van der Waals surface area contributed by atoms with Crippen molar-refractivity contribution in [2.45, 2.75) is 0 Å². The maximum Gasteiger partial charge on any atom is 0.258 e. The number of rotatable bonds is 2. The monoisotopic (exact) mass is 290 g/mol. The Hall–Kier alpha value is -1.88. The summed E-state index contributed by atoms with van der Waals surface area (Å²) in [5.74, 6) is 1.52. The minimum Gasteiger partial charge on any atom is -0.461 e. The molecule has 5 heteroatoms. The predicted octanol–water partition coefficient (Wildman–Crippen LogP) is 3.76. The first kappa shape index (κ1) is 10.3. The van der Waals surface area contributed by atoms with Crippen LogP contribution in [0.3, 0.4) is 0 Å². The molecule has 0 spiro atoms. The van der Waals surface area contributed by atoms with Gasteiger partial charge in [-0.15, -0.1) is 0 Å². The molecule has 3 aromatic rings. The van der Waals surface area contributed by atoms with E-state index in [0.717, 1.165) is 10.0 Å². The lowest BCUT2D eigenvalue weighted by molar-refractivity contribution is 0.429. The van der Waals surface area contributed by atoms with Gasteiger partial charge >= 0.3 is 0 Å². The third-order valence-electron chi connectivity index (χ3n) is 2.26. The van der Waals surface area contributed by atoms with Crippen molar-refractivity contribution in [2.24, 2.45) is 0 Å². The summed E-state index contributed by atoms with van der Waals surface area (Å²) in [6.07, 6.45) is 1.57. The SMILES string of the molecule is Brc1ccc(-c2nc(-c3ccco3)no2)cc1. The summed E-state index contributed by atoms with van der Waals surface area (Å²) in [7, 11) is 0. The average Bonchev–Trinajstić information content (AvgIpc) is 3.00. The summed E-state index contributed by atoms with van der Waals surface area (Å²) in [4.78, 5) is 4.27. The van der Waals surface area contributed by atoms with Gasteiger partial charge < -0.3 is 8.94 Å². The van der Waals surface area contributed by atoms with Crippen LogP contribution in [-0.4, -0.2) is 10.1 Å². The van der Waals surface area contributed by atoms with E-state index in [0.29, 0.717) is 17.5 Å². The molecule has 0 N–H and O–H groups in total. The molecule has 0 radical (unpaired) electrons. The summed E-state index contributed by atoms with van der Waals surface area (Å²) >= 11 is 3.37. The number of furan rings is 1. The second-order valence-corrected chi connectivity index (χ2v) is 4.32. The summed E-state index contributed by atoms with van der Waals surface area (Å²) < 4.78 is 11.4. The standard InChI is InChI=1S/C12H7BrN2O2/c13-9-5-3-8(4-6-9)12-14-11(15-17-12)10-2-1-7-16-10/h1-7H. The van der Waals surface area contributed by atoms with E-state index in [2.05, 4.69) is 26.1 Å². The van der Waals surface area contributed by atoms with E-state index < -0.39 is 0 Å². The van der Waals surface area contributed by atoms with E-state index in [1.807, 2.05) is 24.3 Å². The average molecular weight is 291 g/mol. The van der Waals surface area contributed by atoms with Crippen molar-refractivity contribution < 1.29 is 8.94 Å². The summed E-state index contributed by atoms with van der Waals surface area (Å²) in [6, 6.07) is 11.2. The number of hydrogen-bond donors (Lipinski definition) is 0. The highest BCUT2D eigenvalue weighted by Crippen LogP contribution is 2.23. The van der Waals surface area contributed by atoms with Crippen LogP contribution in [0.15, 0.2) is 56.1 Å². The normalized spacial score (nSPS) is 10.6. The molecule has 0 aliphatic heterocycles. The largest absolute Gasteiger partial charge is 0.461 e. The van der Waals surface area contributed by atoms with Crippen molar-refractivity contribution in [2.75, 3.05) is 0 Å². The van der Waals surface area contributed by atoms with E-state index >= 15 is 0 Å². The minimum absolute atomic E-state index is 0.452. The molecule has 0 saturated heterocycles. The van der Waals surface area contributed by atoms with Crippen LogP contribution < -0.4 is 0 Å². The zero-order chi connectivity index (χ0) is 11.7. The fourth-order valence-electron chi connectivity index (χ4n) is 1.44. The zero-order valence-corrected chi connectivity index (χ0v) is 10.2. The second-order valence-electron chi connectivity index (χ2n) is 3.41. The van der Waals surface area contributed by atoms with Crippen LogP contribution in [0.5, 0.6) is 0 Å². The Kier molecular flexibility index (Phi) is 2.53. The van der Waals surface area contributed by atoms with Crippen LogP contribution >= 0.6 is 15.9 Å². The Balaban J connectivity index is 1.98. The highest BCUT2D eigenvalue weighted by molar-refractivity contribution is 9.10. The molecule has 3 rings (SSSR count). The van der Waals surface area contributed by atoms with Gasteiger partial charge in [0.2, 0.25) is 5.82 Å². The minimum atomic E-state index is 0.452. The Labute approximate surface area is 105 Å². The van der Waals surface area contributed by atoms with Gasteiger partial charge in [-0.2, -0.15) is 4.98 Å². The van der Waals surface area contributed by atoms with Gasteiger partial charge in [-0.1, -0.05) is 21.1 Å². The third kappa shape index (κ3) is 2.01. The predicted molar refractivity (Wildman–Crippen MR) is 65.1 cm³/mol. The fourth-order valence-corrected chi connectivity index (χ4v) is 1.70. The fraction of sp³-hybridized carbons (Fsp3) is 0. The van der Waals surface area contributed by atoms with Crippen molar-refractivity contribution in [3.63, 3.8) is 0 Å². The first-order valence-electron chi connectivity index (χ1n) is 4.96. The van der Waals surface area contributed by atoms with Gasteiger partial charge in [0.15, 0.2) is 5.76 Å². The maximum atomic E-state index is 5.20. The van der Waals surface area contributed by atoms with Gasteiger partial charge in [-0.05, 0) is 36.4 Å². The molecule has 4 nitrogen and oxygen atoms in total. The van der Waals surface area contributed by atoms with Crippen molar-refractivity contribution in [1.82, 2.24) is 10.1 Å². The molecule has 84 valence electrons. The van der Waals surface area contributed by atoms with Crippen LogP contribution in [0.1, 0.15) is 0 Å². The molecule has 0 bridgehead atoms. The van der Waals surface area contributed by atoms with E-state index in [1.165, 1.54) is 0 Å². The lowest BCUT2D eigenvalue weighted by Crippen LogP contribution is -1.78. The van der Waals surface area contributed by atoms with Crippen molar-refractivity contribution in [1.29, 1.82) is 0 Å². The topological polar surface area (TPSA) is 52.1 Å². The summed E-state index contributed by atoms with van der Waals surface area (Å²) in [5, 5.41) is 3.87. The summed E-state index contributed by atoms with van der Waals surface area (Å²) in [5.41, 5.74) is 0.874. The third-order valence-corrected chi connectivity index (χ3v) is 2.79. The molecule has 0 unspecified atom stereocenters. The molecule has 1 aromatic carbocycles. The van der Waals surface area contributed by atoms with E-state index in [4.69, 9.17) is 8.94 Å². The van der Waals surface area contributed by atoms with Gasteiger partial charge in [-0.3, -0.25) is 0 Å². The van der Waals surface area contributed by atoms with E-state index in [1.54, 1.807) is 18.4 Å². The molecular weight excluding hydrogens is 284 g/mol. The summed E-state index contributed by atoms with van der Waals surface area (Å²) in [6.45, 7) is 0. The van der Waals surface area contributed by atoms with E-state index in [-0.39, 0.29) is 0 Å². The number of hydrogen-bond acceptors (Lipinski definition) is 4. The first-order valence-corrected chi connectivity index (χ1v) is 5.76. The Morgan fingerprint density at radius 1 is 1.06 bits per heavy atom. The van der Waals surface area contributed by atoms with Gasteiger partial charge in [0.05, 0.1) is 6.26 Å². The molecule has 0 atom stereocenters. The molecule has 0 saturated carbocycles. The van der Waals surface area contributed by atoms with E-state index in [9.17, 15) is 0 Å². The van der Waals surface area contributed by atoms with Gasteiger partial charge in [0.25, 0.3) is 5.89 Å². The van der Waals surface area contributed by atoms with Crippen LogP contribution in [0, 0.1) is 0 Å². The van der Waals surface area contributed by atoms with Crippen molar-refractivity contribution in [3.8, 4) is 23.0 Å². The maximum absolute atomic E-state index is 5.20. The highest BCUT2D eigenvalue weighted by atomic mass is 79.9. The number of benzene rings is 1. The van der Waals surface area contributed by atoms with Crippen LogP contribution in [-0.2, 0) is 0 Å². The zero-order valence-electron chi connectivity index (χ0n) is 8.63. The van der Waals surface area contributed by atoms with Gasteiger partial charge in [0.1, 0.15) is 0 Å². The highest BCUT2D eigenvalue weighted by Gasteiger charge is 2.11. The molecule has 17 heavy (non-hydrogen) atoms. The lowest BCUT2D eigenvalue weighted by atomic mass is 10.2. The molecule has 2 heterocycles. The van der Waals surface area contributed by atoms with Crippen LogP contribution in [0.25, 0.3) is 23.0 Å². The van der Waals surface area contributed by atoms with Gasteiger partial charge in [-0.25, -0.2) is 0 Å². The van der Waals surface area contributed by atoms with Gasteiger partial charge in [0, 0.05) is 10.0 Å². The number of halogens is 1. The first-order chi connectivity index (χ1) is 8.33. The number of nitrogens with zero attached hydrogens (tertiary/aromatic N) is 2. The molecule has 0 aliphatic rings. The smallest absolute Gasteiger partial charge is 0.258 e. The Morgan fingerprint density at radius 3 is 2.59 bits per heavy atom. The molecule has 0 aliphatic carbocycles. The quantitative estimate of drug-likeness (QED) is 0.721. The van der Waals surface area contributed by atoms with Crippen LogP contribution in [0.2, 0.25) is 0 Å². The molecular formula is C12H7BrN2O2. The lowest BCUT2D eigenvalue weighted by Gasteiger charge is -1.93. The molecule has 0 fully saturated rings. The van der Waals surface area contributed by atoms with Crippen molar-refractivity contribution >= 4 is 15.9 Å². The molecule has 0 amide bonds. The molecule has 2 aromatic heterocycles. The van der Waals surface area contributed by atoms with Crippen LogP contribution in [0.4, 0.5) is 0 Å².